The predicted molar refractivity (Wildman–Crippen MR) is 90.4 cm³/mol. The van der Waals surface area contributed by atoms with E-state index >= 15 is 0 Å². The van der Waals surface area contributed by atoms with Gasteiger partial charge < -0.3 is 9.64 Å². The van der Waals surface area contributed by atoms with Crippen LogP contribution in [0.3, 0.4) is 0 Å². The van der Waals surface area contributed by atoms with Crippen LogP contribution in [-0.2, 0) is 14.4 Å². The summed E-state index contributed by atoms with van der Waals surface area (Å²) in [6, 6.07) is 0.512. The van der Waals surface area contributed by atoms with E-state index in [1.807, 2.05) is 0 Å². The van der Waals surface area contributed by atoms with Crippen LogP contribution >= 0.6 is 0 Å². The highest BCUT2D eigenvalue weighted by molar-refractivity contribution is 5.80. The van der Waals surface area contributed by atoms with Gasteiger partial charge in [0.2, 0.25) is 0 Å². The predicted octanol–water partition coefficient (Wildman–Crippen LogP) is 1.26. The minimum Gasteiger partial charge on any atom is -0.363 e. The molecule has 4 rings (SSSR count). The lowest BCUT2D eigenvalue weighted by atomic mass is 9.98. The number of hydrogen-bond acceptors (Lipinski definition) is 5. The van der Waals surface area contributed by atoms with Crippen LogP contribution in [0.25, 0.3) is 0 Å². The van der Waals surface area contributed by atoms with Crippen LogP contribution < -0.4 is 0 Å². The molecule has 6 nitrogen and oxygen atoms in total. The van der Waals surface area contributed by atoms with Gasteiger partial charge in [0.05, 0.1) is 19.3 Å². The quantitative estimate of drug-likeness (QED) is 0.773. The molecule has 0 unspecified atom stereocenters. The average Bonchev–Trinajstić information content (AvgIpc) is 3.30. The van der Waals surface area contributed by atoms with Gasteiger partial charge in [-0.25, -0.2) is 5.06 Å². The fourth-order valence-corrected chi connectivity index (χ4v) is 4.71. The third kappa shape index (κ3) is 3.62. The first kappa shape index (κ1) is 16.8. The number of amides is 1. The number of carbonyl (C=O) groups excluding carboxylic acids is 1. The number of piperidine rings is 1. The molecule has 4 aliphatic heterocycles. The van der Waals surface area contributed by atoms with Gasteiger partial charge in [0.1, 0.15) is 6.10 Å². The van der Waals surface area contributed by atoms with Crippen molar-refractivity contribution in [2.75, 3.05) is 45.9 Å². The number of nitrogens with zero attached hydrogens (tertiary/aromatic N) is 3. The van der Waals surface area contributed by atoms with Crippen molar-refractivity contribution >= 4 is 5.91 Å². The fourth-order valence-electron chi connectivity index (χ4n) is 4.71. The lowest BCUT2D eigenvalue weighted by Gasteiger charge is -2.37. The summed E-state index contributed by atoms with van der Waals surface area (Å²) in [5.41, 5.74) is 0. The van der Waals surface area contributed by atoms with Crippen LogP contribution in [0.15, 0.2) is 0 Å². The SMILES string of the molecule is O=C([C@@H]1CC[C@@H]2[C@@H](CCN2CCN2CCCCC2)O1)N1CCCO1. The molecule has 24 heavy (non-hydrogen) atoms. The van der Waals surface area contributed by atoms with Gasteiger partial charge in [0.25, 0.3) is 5.91 Å². The van der Waals surface area contributed by atoms with E-state index in [-0.39, 0.29) is 18.1 Å². The van der Waals surface area contributed by atoms with Crippen LogP contribution in [0, 0.1) is 0 Å². The summed E-state index contributed by atoms with van der Waals surface area (Å²) >= 11 is 0. The van der Waals surface area contributed by atoms with Crippen molar-refractivity contribution in [1.82, 2.24) is 14.9 Å². The van der Waals surface area contributed by atoms with Crippen LogP contribution in [0.1, 0.15) is 44.9 Å². The molecule has 0 spiro atoms. The number of likely N-dealkylation sites (tertiary alicyclic amines) is 2. The molecule has 4 heterocycles. The number of rotatable bonds is 4. The number of ether oxygens (including phenoxy) is 1. The minimum absolute atomic E-state index is 0.0396. The number of fused-ring (bicyclic) bond motifs is 1. The van der Waals surface area contributed by atoms with E-state index < -0.39 is 0 Å². The molecule has 0 aromatic carbocycles. The Kier molecular flexibility index (Phi) is 5.37. The molecule has 0 bridgehead atoms. The van der Waals surface area contributed by atoms with Gasteiger partial charge in [0.15, 0.2) is 0 Å². The van der Waals surface area contributed by atoms with Gasteiger partial charge >= 0.3 is 0 Å². The maximum atomic E-state index is 12.5. The molecule has 1 amide bonds. The van der Waals surface area contributed by atoms with Gasteiger partial charge in [-0.05, 0) is 51.6 Å². The summed E-state index contributed by atoms with van der Waals surface area (Å²) in [5.74, 6) is 0.0396. The smallest absolute Gasteiger partial charge is 0.275 e. The monoisotopic (exact) mass is 337 g/mol. The summed E-state index contributed by atoms with van der Waals surface area (Å²) in [4.78, 5) is 23.1. The Morgan fingerprint density at radius 2 is 1.79 bits per heavy atom. The number of hydrogen-bond donors (Lipinski definition) is 0. The molecule has 0 aromatic rings. The minimum atomic E-state index is -0.286. The maximum absolute atomic E-state index is 12.5. The highest BCUT2D eigenvalue weighted by atomic mass is 16.7. The van der Waals surface area contributed by atoms with Crippen LogP contribution in [0.5, 0.6) is 0 Å². The van der Waals surface area contributed by atoms with Crippen molar-refractivity contribution in [2.45, 2.75) is 63.2 Å². The first-order valence-corrected chi connectivity index (χ1v) is 9.87. The van der Waals surface area contributed by atoms with Crippen molar-refractivity contribution in [3.63, 3.8) is 0 Å². The van der Waals surface area contributed by atoms with E-state index in [2.05, 4.69) is 9.80 Å². The third-order valence-corrected chi connectivity index (χ3v) is 6.09. The highest BCUT2D eigenvalue weighted by Crippen LogP contribution is 2.32. The Bertz CT molecular complexity index is 435. The Hall–Kier alpha value is -0.690. The normalized spacial score (nSPS) is 35.3. The molecule has 4 fully saturated rings. The van der Waals surface area contributed by atoms with Crippen LogP contribution in [0.2, 0.25) is 0 Å². The summed E-state index contributed by atoms with van der Waals surface area (Å²) in [6.07, 6.45) is 7.98. The molecule has 6 heteroatoms. The summed E-state index contributed by atoms with van der Waals surface area (Å²) in [7, 11) is 0. The molecule has 4 aliphatic rings. The molecule has 0 radical (unpaired) electrons. The largest absolute Gasteiger partial charge is 0.363 e. The molecule has 4 saturated heterocycles. The second kappa shape index (κ2) is 7.68. The summed E-state index contributed by atoms with van der Waals surface area (Å²) < 4.78 is 6.18. The van der Waals surface area contributed by atoms with E-state index in [0.29, 0.717) is 12.6 Å². The number of carbonyl (C=O) groups is 1. The van der Waals surface area contributed by atoms with Gasteiger partial charge in [0, 0.05) is 25.7 Å². The Balaban J connectivity index is 1.25. The average molecular weight is 337 g/mol. The van der Waals surface area contributed by atoms with E-state index in [4.69, 9.17) is 9.57 Å². The zero-order valence-corrected chi connectivity index (χ0v) is 14.7. The van der Waals surface area contributed by atoms with Gasteiger partial charge in [-0.15, -0.1) is 0 Å². The Labute approximate surface area is 145 Å². The number of hydroxylamine groups is 2. The Morgan fingerprint density at radius 1 is 0.917 bits per heavy atom. The molecule has 0 N–H and O–H groups in total. The first-order valence-electron chi connectivity index (χ1n) is 9.87. The molecule has 0 aromatic heterocycles. The van der Waals surface area contributed by atoms with Gasteiger partial charge in [-0.3, -0.25) is 14.5 Å². The zero-order chi connectivity index (χ0) is 16.4. The lowest BCUT2D eigenvalue weighted by Crippen LogP contribution is -2.49. The molecule has 3 atom stereocenters. The topological polar surface area (TPSA) is 45.2 Å². The maximum Gasteiger partial charge on any atom is 0.275 e. The summed E-state index contributed by atoms with van der Waals surface area (Å²) in [6.45, 7) is 7.37. The lowest BCUT2D eigenvalue weighted by molar-refractivity contribution is -0.189. The fraction of sp³-hybridized carbons (Fsp3) is 0.944. The van der Waals surface area contributed by atoms with Crippen molar-refractivity contribution in [3.8, 4) is 0 Å². The van der Waals surface area contributed by atoms with E-state index in [9.17, 15) is 4.79 Å². The zero-order valence-electron chi connectivity index (χ0n) is 14.7. The third-order valence-electron chi connectivity index (χ3n) is 6.09. The first-order chi connectivity index (χ1) is 11.8. The van der Waals surface area contributed by atoms with Crippen molar-refractivity contribution < 1.29 is 14.4 Å². The van der Waals surface area contributed by atoms with E-state index in [1.165, 1.54) is 44.0 Å². The molecule has 136 valence electrons. The molecular formula is C18H31N3O3. The van der Waals surface area contributed by atoms with Crippen molar-refractivity contribution in [2.24, 2.45) is 0 Å². The highest BCUT2D eigenvalue weighted by Gasteiger charge is 2.43. The van der Waals surface area contributed by atoms with E-state index in [1.54, 1.807) is 0 Å². The van der Waals surface area contributed by atoms with E-state index in [0.717, 1.165) is 45.3 Å². The standard InChI is InChI=1S/C18H31N3O3/c22-18(21-10-4-14-23-21)17-6-5-15-16(24-17)7-11-20(15)13-12-19-8-2-1-3-9-19/h15-17H,1-14H2/t15-,16-,17+/m1/s1. The molecular weight excluding hydrogens is 306 g/mol. The molecule has 0 aliphatic carbocycles. The second-order valence-corrected chi connectivity index (χ2v) is 7.66. The second-order valence-electron chi connectivity index (χ2n) is 7.66. The van der Waals surface area contributed by atoms with Gasteiger partial charge in [-0.2, -0.15) is 0 Å². The van der Waals surface area contributed by atoms with Crippen molar-refractivity contribution in [3.05, 3.63) is 0 Å². The molecule has 0 saturated carbocycles. The van der Waals surface area contributed by atoms with Crippen molar-refractivity contribution in [1.29, 1.82) is 0 Å². The van der Waals surface area contributed by atoms with Gasteiger partial charge in [-0.1, -0.05) is 6.42 Å². The van der Waals surface area contributed by atoms with Crippen LogP contribution in [0.4, 0.5) is 0 Å². The summed E-state index contributed by atoms with van der Waals surface area (Å²) in [5, 5.41) is 1.52. The Morgan fingerprint density at radius 3 is 2.58 bits per heavy atom. The van der Waals surface area contributed by atoms with Crippen LogP contribution in [-0.4, -0.2) is 84.9 Å².